The number of terminal acetylenes is 1. The van der Waals surface area contributed by atoms with E-state index in [2.05, 4.69) is 20.9 Å². The standard InChI is InChI=1S/C13H12ClFN4O/c1-3-13(2)5-7(4-8(13)20)19-6-16-9-10(14)17-12(15)18-11(9)19/h1,6-8,20H,4-5H2,2H3/t7-,8-,13+/m1/s1. The van der Waals surface area contributed by atoms with Gasteiger partial charge in [0.15, 0.2) is 10.8 Å². The Kier molecular flexibility index (Phi) is 2.92. The molecule has 7 heteroatoms. The average Bonchev–Trinajstić information content (AvgIpc) is 2.92. The number of rotatable bonds is 1. The van der Waals surface area contributed by atoms with E-state index in [1.165, 1.54) is 6.33 Å². The molecule has 5 nitrogen and oxygen atoms in total. The molecule has 3 rings (SSSR count). The van der Waals surface area contributed by atoms with E-state index in [1.54, 1.807) is 4.57 Å². The summed E-state index contributed by atoms with van der Waals surface area (Å²) in [4.78, 5) is 11.3. The molecule has 0 aliphatic heterocycles. The molecular weight excluding hydrogens is 283 g/mol. The summed E-state index contributed by atoms with van der Waals surface area (Å²) >= 11 is 5.85. The van der Waals surface area contributed by atoms with Gasteiger partial charge in [0.25, 0.3) is 0 Å². The Balaban J connectivity index is 2.07. The fraction of sp³-hybridized carbons (Fsp3) is 0.462. The van der Waals surface area contributed by atoms with Gasteiger partial charge in [-0.3, -0.25) is 0 Å². The molecule has 0 spiro atoms. The Hall–Kier alpha value is -1.71. The maximum atomic E-state index is 13.3. The number of imidazole rings is 1. The van der Waals surface area contributed by atoms with E-state index in [0.29, 0.717) is 24.0 Å². The lowest BCUT2D eigenvalue weighted by atomic mass is 9.88. The van der Waals surface area contributed by atoms with Crippen LogP contribution in [0.4, 0.5) is 4.39 Å². The first kappa shape index (κ1) is 13.3. The van der Waals surface area contributed by atoms with Crippen LogP contribution in [0.15, 0.2) is 6.33 Å². The number of aromatic nitrogens is 4. The van der Waals surface area contributed by atoms with Crippen LogP contribution in [0, 0.1) is 23.8 Å². The monoisotopic (exact) mass is 294 g/mol. The van der Waals surface area contributed by atoms with Crippen molar-refractivity contribution in [2.24, 2.45) is 5.41 Å². The van der Waals surface area contributed by atoms with Crippen LogP contribution in [0.2, 0.25) is 5.15 Å². The summed E-state index contributed by atoms with van der Waals surface area (Å²) in [7, 11) is 0. The number of nitrogens with zero attached hydrogens (tertiary/aromatic N) is 4. The highest BCUT2D eigenvalue weighted by atomic mass is 35.5. The zero-order valence-corrected chi connectivity index (χ0v) is 11.5. The average molecular weight is 295 g/mol. The summed E-state index contributed by atoms with van der Waals surface area (Å²) in [6.07, 6.45) is 6.55. The summed E-state index contributed by atoms with van der Waals surface area (Å²) in [6.45, 7) is 1.83. The Bertz CT molecular complexity index is 725. The van der Waals surface area contributed by atoms with Crippen LogP contribution in [-0.2, 0) is 0 Å². The highest BCUT2D eigenvalue weighted by Crippen LogP contribution is 2.44. The third-order valence-electron chi connectivity index (χ3n) is 3.97. The third kappa shape index (κ3) is 1.86. The number of halogens is 2. The van der Waals surface area contributed by atoms with Gasteiger partial charge in [0.05, 0.1) is 17.8 Å². The number of hydrogen-bond acceptors (Lipinski definition) is 4. The molecule has 0 bridgehead atoms. The van der Waals surface area contributed by atoms with Crippen molar-refractivity contribution < 1.29 is 9.50 Å². The van der Waals surface area contributed by atoms with Crippen molar-refractivity contribution >= 4 is 22.8 Å². The molecule has 0 unspecified atom stereocenters. The molecule has 20 heavy (non-hydrogen) atoms. The van der Waals surface area contributed by atoms with Gasteiger partial charge >= 0.3 is 6.08 Å². The first-order chi connectivity index (χ1) is 9.44. The molecule has 104 valence electrons. The predicted octanol–water partition coefficient (Wildman–Crippen LogP) is 1.95. The fourth-order valence-electron chi connectivity index (χ4n) is 2.72. The van der Waals surface area contributed by atoms with E-state index in [-0.39, 0.29) is 11.2 Å². The van der Waals surface area contributed by atoms with Crippen LogP contribution >= 0.6 is 11.6 Å². The van der Waals surface area contributed by atoms with Crippen LogP contribution in [0.5, 0.6) is 0 Å². The summed E-state index contributed by atoms with van der Waals surface area (Å²) in [6, 6.07) is -0.0959. The number of aliphatic hydroxyl groups is 1. The van der Waals surface area contributed by atoms with Crippen molar-refractivity contribution in [1.82, 2.24) is 19.5 Å². The lowest BCUT2D eigenvalue weighted by Gasteiger charge is -2.20. The lowest BCUT2D eigenvalue weighted by molar-refractivity contribution is 0.104. The van der Waals surface area contributed by atoms with Crippen molar-refractivity contribution in [2.45, 2.75) is 31.9 Å². The molecule has 0 aromatic carbocycles. The van der Waals surface area contributed by atoms with Gasteiger partial charge in [-0.2, -0.15) is 14.4 Å². The molecule has 1 aliphatic carbocycles. The van der Waals surface area contributed by atoms with Gasteiger partial charge in [-0.15, -0.1) is 6.42 Å². The van der Waals surface area contributed by atoms with Gasteiger partial charge in [0.1, 0.15) is 5.52 Å². The minimum atomic E-state index is -0.900. The van der Waals surface area contributed by atoms with E-state index >= 15 is 0 Å². The van der Waals surface area contributed by atoms with Gasteiger partial charge in [-0.25, -0.2) is 4.98 Å². The number of hydrogen-bond donors (Lipinski definition) is 1. The Morgan fingerprint density at radius 2 is 2.35 bits per heavy atom. The molecule has 0 amide bonds. The summed E-state index contributed by atoms with van der Waals surface area (Å²) in [5.41, 5.74) is 0.0641. The fourth-order valence-corrected chi connectivity index (χ4v) is 2.92. The highest BCUT2D eigenvalue weighted by molar-refractivity contribution is 6.33. The quantitative estimate of drug-likeness (QED) is 0.496. The van der Waals surface area contributed by atoms with Crippen LogP contribution in [0.1, 0.15) is 25.8 Å². The largest absolute Gasteiger partial charge is 0.391 e. The first-order valence-electron chi connectivity index (χ1n) is 6.16. The molecule has 1 saturated carbocycles. The zero-order chi connectivity index (χ0) is 14.5. The second-order valence-electron chi connectivity index (χ2n) is 5.28. The molecule has 1 aliphatic rings. The molecule has 2 heterocycles. The van der Waals surface area contributed by atoms with Crippen LogP contribution in [0.3, 0.4) is 0 Å². The second-order valence-corrected chi connectivity index (χ2v) is 5.64. The van der Waals surface area contributed by atoms with Crippen LogP contribution < -0.4 is 0 Å². The van der Waals surface area contributed by atoms with Crippen molar-refractivity contribution in [1.29, 1.82) is 0 Å². The van der Waals surface area contributed by atoms with Crippen molar-refractivity contribution in [3.63, 3.8) is 0 Å². The molecule has 0 saturated heterocycles. The van der Waals surface area contributed by atoms with E-state index in [1.807, 2.05) is 6.92 Å². The van der Waals surface area contributed by atoms with Gasteiger partial charge in [-0.05, 0) is 19.8 Å². The maximum Gasteiger partial charge on any atom is 0.312 e. The maximum absolute atomic E-state index is 13.3. The van der Waals surface area contributed by atoms with E-state index < -0.39 is 17.6 Å². The smallest absolute Gasteiger partial charge is 0.312 e. The van der Waals surface area contributed by atoms with Crippen molar-refractivity contribution in [3.8, 4) is 12.3 Å². The molecule has 1 fully saturated rings. The number of fused-ring (bicyclic) bond motifs is 1. The predicted molar refractivity (Wildman–Crippen MR) is 71.5 cm³/mol. The normalized spacial score (nSPS) is 29.8. The van der Waals surface area contributed by atoms with Crippen molar-refractivity contribution in [2.75, 3.05) is 0 Å². The lowest BCUT2D eigenvalue weighted by Crippen LogP contribution is -2.23. The van der Waals surface area contributed by atoms with Crippen molar-refractivity contribution in [3.05, 3.63) is 17.6 Å². The zero-order valence-electron chi connectivity index (χ0n) is 10.7. The summed E-state index contributed by atoms with van der Waals surface area (Å²) in [5, 5.41) is 10.1. The van der Waals surface area contributed by atoms with Gasteiger partial charge in [0.2, 0.25) is 0 Å². The molecule has 2 aromatic heterocycles. The van der Waals surface area contributed by atoms with Gasteiger partial charge < -0.3 is 9.67 Å². The molecule has 1 N–H and O–H groups in total. The minimum Gasteiger partial charge on any atom is -0.391 e. The SMILES string of the molecule is C#C[C@@]1(C)C[C@H](n2cnc3c(Cl)nc(F)nc32)C[C@H]1O. The summed E-state index contributed by atoms with van der Waals surface area (Å²) in [5.74, 6) is 2.64. The number of aliphatic hydroxyl groups excluding tert-OH is 1. The highest BCUT2D eigenvalue weighted by Gasteiger charge is 2.43. The van der Waals surface area contributed by atoms with E-state index in [9.17, 15) is 9.50 Å². The van der Waals surface area contributed by atoms with E-state index in [4.69, 9.17) is 18.0 Å². The van der Waals surface area contributed by atoms with E-state index in [0.717, 1.165) is 0 Å². The minimum absolute atomic E-state index is 0.0236. The Morgan fingerprint density at radius 1 is 1.60 bits per heavy atom. The summed E-state index contributed by atoms with van der Waals surface area (Å²) < 4.78 is 15.0. The third-order valence-corrected chi connectivity index (χ3v) is 4.23. The molecule has 3 atom stereocenters. The Labute approximate surface area is 119 Å². The molecule has 0 radical (unpaired) electrons. The van der Waals surface area contributed by atoms with Gasteiger partial charge in [-0.1, -0.05) is 17.5 Å². The first-order valence-corrected chi connectivity index (χ1v) is 6.54. The van der Waals surface area contributed by atoms with Crippen LogP contribution in [0.25, 0.3) is 11.2 Å². The second kappa shape index (κ2) is 4.40. The topological polar surface area (TPSA) is 63.8 Å². The molecule has 2 aromatic rings. The van der Waals surface area contributed by atoms with Gasteiger partial charge in [0, 0.05) is 6.04 Å². The molecular formula is C13H12ClFN4O. The Morgan fingerprint density at radius 3 is 3.00 bits per heavy atom. The van der Waals surface area contributed by atoms with Crippen LogP contribution in [-0.4, -0.2) is 30.7 Å².